The maximum atomic E-state index is 9.23. The van der Waals surface area contributed by atoms with Gasteiger partial charge in [-0.1, -0.05) is 30.3 Å². The Morgan fingerprint density at radius 1 is 1.04 bits per heavy atom. The van der Waals surface area contributed by atoms with Crippen LogP contribution in [0, 0.1) is 0 Å². The van der Waals surface area contributed by atoms with E-state index < -0.39 is 7.12 Å². The van der Waals surface area contributed by atoms with Crippen LogP contribution in [0.2, 0.25) is 0 Å². The summed E-state index contributed by atoms with van der Waals surface area (Å²) in [6, 6.07) is 13.0. The molecule has 3 rings (SSSR count). The number of hydrogen-bond acceptors (Lipinski definition) is 4. The van der Waals surface area contributed by atoms with E-state index in [1.54, 1.807) is 12.1 Å². The maximum absolute atomic E-state index is 9.23. The van der Waals surface area contributed by atoms with E-state index in [0.717, 1.165) is 22.7 Å². The number of nitrogens with one attached hydrogen (secondary N) is 1. The van der Waals surface area contributed by atoms with Crippen LogP contribution in [-0.2, 0) is 0 Å². The third-order valence-electron chi connectivity index (χ3n) is 3.51. The van der Waals surface area contributed by atoms with Gasteiger partial charge in [0.05, 0.1) is 0 Å². The molecule has 2 aromatic heterocycles. The number of imidazole rings is 1. The van der Waals surface area contributed by atoms with Crippen LogP contribution < -0.4 is 10.8 Å². The average molecular weight is 309 g/mol. The molecule has 118 valence electrons. The molecule has 0 bridgehead atoms. The number of benzene rings is 1. The van der Waals surface area contributed by atoms with Crippen LogP contribution >= 0.6 is 0 Å². The summed E-state index contributed by atoms with van der Waals surface area (Å²) in [5.74, 6) is 0.922. The van der Waals surface area contributed by atoms with E-state index in [1.807, 2.05) is 40.9 Å². The van der Waals surface area contributed by atoms with Crippen LogP contribution in [0.25, 0.3) is 16.9 Å². The van der Waals surface area contributed by atoms with Crippen LogP contribution in [0.3, 0.4) is 0 Å². The summed E-state index contributed by atoms with van der Waals surface area (Å²) in [7, 11) is -1.46. The van der Waals surface area contributed by atoms with E-state index >= 15 is 0 Å². The highest BCUT2D eigenvalue weighted by atomic mass is 16.4. The van der Waals surface area contributed by atoms with Crippen LogP contribution in [0.15, 0.2) is 48.7 Å². The number of pyridine rings is 1. The SMILES string of the molecule is CC(C)(C)Nc1c(-c2ccc(B(O)O)cc2)nc2ccccn12. The fourth-order valence-electron chi connectivity index (χ4n) is 2.48. The van der Waals surface area contributed by atoms with Crippen molar-refractivity contribution in [2.45, 2.75) is 26.3 Å². The number of rotatable bonds is 3. The van der Waals surface area contributed by atoms with Gasteiger partial charge in [-0.25, -0.2) is 4.98 Å². The Kier molecular flexibility index (Phi) is 3.87. The van der Waals surface area contributed by atoms with Crippen molar-refractivity contribution in [1.82, 2.24) is 9.38 Å². The molecule has 0 spiro atoms. The molecule has 0 atom stereocenters. The third-order valence-corrected chi connectivity index (χ3v) is 3.51. The lowest BCUT2D eigenvalue weighted by atomic mass is 9.80. The molecule has 3 aromatic rings. The molecule has 0 fully saturated rings. The quantitative estimate of drug-likeness (QED) is 0.646. The Morgan fingerprint density at radius 2 is 1.74 bits per heavy atom. The van der Waals surface area contributed by atoms with E-state index in [4.69, 9.17) is 4.98 Å². The van der Waals surface area contributed by atoms with Gasteiger partial charge in [0.2, 0.25) is 0 Å². The molecular formula is C17H20BN3O2. The molecule has 0 unspecified atom stereocenters. The highest BCUT2D eigenvalue weighted by Gasteiger charge is 2.19. The fourth-order valence-corrected chi connectivity index (χ4v) is 2.48. The highest BCUT2D eigenvalue weighted by Crippen LogP contribution is 2.30. The molecule has 0 radical (unpaired) electrons. The molecule has 0 saturated carbocycles. The van der Waals surface area contributed by atoms with Crippen molar-refractivity contribution in [3.05, 3.63) is 48.7 Å². The van der Waals surface area contributed by atoms with Crippen molar-refractivity contribution < 1.29 is 10.0 Å². The van der Waals surface area contributed by atoms with E-state index in [2.05, 4.69) is 26.1 Å². The molecule has 0 aliphatic rings. The Morgan fingerprint density at radius 3 is 2.35 bits per heavy atom. The molecule has 0 amide bonds. The van der Waals surface area contributed by atoms with Crippen molar-refractivity contribution in [3.8, 4) is 11.3 Å². The number of anilines is 1. The first-order valence-corrected chi connectivity index (χ1v) is 7.57. The predicted octanol–water partition coefficient (Wildman–Crippen LogP) is 1.89. The zero-order chi connectivity index (χ0) is 16.6. The smallest absolute Gasteiger partial charge is 0.423 e. The molecule has 0 aliphatic carbocycles. The van der Waals surface area contributed by atoms with Gasteiger partial charge in [0.25, 0.3) is 0 Å². The molecule has 0 saturated heterocycles. The van der Waals surface area contributed by atoms with Gasteiger partial charge >= 0.3 is 7.12 Å². The number of aromatic nitrogens is 2. The molecule has 0 aliphatic heterocycles. The molecule has 23 heavy (non-hydrogen) atoms. The zero-order valence-corrected chi connectivity index (χ0v) is 13.5. The zero-order valence-electron chi connectivity index (χ0n) is 13.5. The topological polar surface area (TPSA) is 69.8 Å². The van der Waals surface area contributed by atoms with Gasteiger partial charge in [-0.2, -0.15) is 0 Å². The lowest BCUT2D eigenvalue weighted by molar-refractivity contribution is 0.426. The summed E-state index contributed by atoms with van der Waals surface area (Å²) in [4.78, 5) is 4.72. The average Bonchev–Trinajstić information content (AvgIpc) is 2.84. The van der Waals surface area contributed by atoms with Crippen molar-refractivity contribution in [2.75, 3.05) is 5.32 Å². The Labute approximate surface area is 135 Å². The second kappa shape index (κ2) is 5.72. The van der Waals surface area contributed by atoms with Crippen molar-refractivity contribution in [2.24, 2.45) is 0 Å². The first kappa shape index (κ1) is 15.6. The third kappa shape index (κ3) is 3.23. The fraction of sp³-hybridized carbons (Fsp3) is 0.235. The minimum atomic E-state index is -1.46. The minimum absolute atomic E-state index is 0.109. The number of fused-ring (bicyclic) bond motifs is 1. The first-order valence-electron chi connectivity index (χ1n) is 7.57. The summed E-state index contributed by atoms with van der Waals surface area (Å²) >= 11 is 0. The summed E-state index contributed by atoms with van der Waals surface area (Å²) in [5.41, 5.74) is 2.97. The number of nitrogens with zero attached hydrogens (tertiary/aromatic N) is 2. The van der Waals surface area contributed by atoms with Gasteiger partial charge in [0.15, 0.2) is 0 Å². The standard InChI is InChI=1S/C17H20BN3O2/c1-17(2,3)20-16-15(19-14-6-4-5-11-21(14)16)12-7-9-13(10-8-12)18(22)23/h4-11,20,22-23H,1-3H3. The lowest BCUT2D eigenvalue weighted by Gasteiger charge is -2.22. The van der Waals surface area contributed by atoms with Crippen molar-refractivity contribution in [1.29, 1.82) is 0 Å². The van der Waals surface area contributed by atoms with Crippen molar-refractivity contribution in [3.63, 3.8) is 0 Å². The van der Waals surface area contributed by atoms with E-state index in [1.165, 1.54) is 0 Å². The van der Waals surface area contributed by atoms with Crippen LogP contribution in [-0.4, -0.2) is 32.1 Å². The van der Waals surface area contributed by atoms with E-state index in [-0.39, 0.29) is 5.54 Å². The van der Waals surface area contributed by atoms with Gasteiger partial charge < -0.3 is 15.4 Å². The molecule has 5 nitrogen and oxygen atoms in total. The van der Waals surface area contributed by atoms with Crippen molar-refractivity contribution >= 4 is 24.0 Å². The summed E-state index contributed by atoms with van der Waals surface area (Å²) < 4.78 is 2.02. The van der Waals surface area contributed by atoms with Gasteiger partial charge in [0, 0.05) is 17.3 Å². The molecule has 3 N–H and O–H groups in total. The largest absolute Gasteiger partial charge is 0.488 e. The summed E-state index contributed by atoms with van der Waals surface area (Å²) in [6.07, 6.45) is 1.98. The van der Waals surface area contributed by atoms with E-state index in [9.17, 15) is 10.0 Å². The molecule has 1 aromatic carbocycles. The normalized spacial score (nSPS) is 11.7. The Hall–Kier alpha value is -2.31. The second-order valence-electron chi connectivity index (χ2n) is 6.61. The summed E-state index contributed by atoms with van der Waals surface area (Å²) in [5, 5.41) is 22.0. The van der Waals surface area contributed by atoms with Gasteiger partial charge in [0.1, 0.15) is 17.2 Å². The molecule has 2 heterocycles. The van der Waals surface area contributed by atoms with Gasteiger partial charge in [-0.05, 0) is 38.4 Å². The Bertz CT molecular complexity index is 820. The second-order valence-corrected chi connectivity index (χ2v) is 6.61. The van der Waals surface area contributed by atoms with Crippen LogP contribution in [0.5, 0.6) is 0 Å². The minimum Gasteiger partial charge on any atom is -0.423 e. The maximum Gasteiger partial charge on any atom is 0.488 e. The first-order chi connectivity index (χ1) is 10.8. The summed E-state index contributed by atoms with van der Waals surface area (Å²) in [6.45, 7) is 6.30. The van der Waals surface area contributed by atoms with Crippen LogP contribution in [0.4, 0.5) is 5.82 Å². The van der Waals surface area contributed by atoms with E-state index in [0.29, 0.717) is 5.46 Å². The van der Waals surface area contributed by atoms with Gasteiger partial charge in [-0.3, -0.25) is 4.40 Å². The number of hydrogen-bond donors (Lipinski definition) is 3. The highest BCUT2D eigenvalue weighted by molar-refractivity contribution is 6.58. The molecule has 6 heteroatoms. The Balaban J connectivity index is 2.14. The predicted molar refractivity (Wildman–Crippen MR) is 93.8 cm³/mol. The lowest BCUT2D eigenvalue weighted by Crippen LogP contribution is -2.29. The van der Waals surface area contributed by atoms with Gasteiger partial charge in [-0.15, -0.1) is 0 Å². The monoisotopic (exact) mass is 309 g/mol. The van der Waals surface area contributed by atoms with Crippen LogP contribution in [0.1, 0.15) is 20.8 Å². The molecular weight excluding hydrogens is 289 g/mol.